The molecule has 0 spiro atoms. The van der Waals surface area contributed by atoms with Gasteiger partial charge in [-0.1, -0.05) is 48.0 Å². The summed E-state index contributed by atoms with van der Waals surface area (Å²) in [6.07, 6.45) is 1.17. The van der Waals surface area contributed by atoms with Crippen LogP contribution in [0.4, 0.5) is 0 Å². The van der Waals surface area contributed by atoms with Gasteiger partial charge >= 0.3 is 0 Å². The number of amides is 1. The van der Waals surface area contributed by atoms with E-state index in [0.717, 1.165) is 28.3 Å². The van der Waals surface area contributed by atoms with Crippen molar-refractivity contribution < 1.29 is 4.79 Å². The molecular formula is C20H25ClN2O. The van der Waals surface area contributed by atoms with Gasteiger partial charge in [0.1, 0.15) is 0 Å². The predicted octanol–water partition coefficient (Wildman–Crippen LogP) is 3.96. The molecule has 0 fully saturated rings. The number of carbonyl (C=O) groups excluding carboxylic acids is 1. The molecule has 0 bridgehead atoms. The molecule has 128 valence electrons. The molecule has 0 heterocycles. The van der Waals surface area contributed by atoms with Gasteiger partial charge in [-0.3, -0.25) is 4.79 Å². The van der Waals surface area contributed by atoms with Crippen LogP contribution in [0.3, 0.4) is 0 Å². The Balaban J connectivity index is 1.86. The molecule has 0 saturated heterocycles. The maximum absolute atomic E-state index is 12.1. The van der Waals surface area contributed by atoms with Crippen LogP contribution < -0.4 is 5.32 Å². The van der Waals surface area contributed by atoms with Crippen LogP contribution in [0.1, 0.15) is 28.7 Å². The number of nitrogens with one attached hydrogen (secondary N) is 1. The Morgan fingerprint density at radius 3 is 2.50 bits per heavy atom. The lowest BCUT2D eigenvalue weighted by Gasteiger charge is -2.14. The zero-order valence-electron chi connectivity index (χ0n) is 14.6. The summed E-state index contributed by atoms with van der Waals surface area (Å²) in [7, 11) is 4.09. The molecule has 0 unspecified atom stereocenters. The molecule has 24 heavy (non-hydrogen) atoms. The fraction of sp³-hybridized carbons (Fsp3) is 0.350. The van der Waals surface area contributed by atoms with Gasteiger partial charge in [0.25, 0.3) is 0 Å². The number of carbonyl (C=O) groups is 1. The third kappa shape index (κ3) is 5.66. The summed E-state index contributed by atoms with van der Waals surface area (Å²) in [4.78, 5) is 14.2. The minimum atomic E-state index is 0.0614. The first-order chi connectivity index (χ1) is 11.5. The first kappa shape index (κ1) is 18.5. The summed E-state index contributed by atoms with van der Waals surface area (Å²) in [6.45, 7) is 3.41. The average Bonchev–Trinajstić information content (AvgIpc) is 2.54. The van der Waals surface area contributed by atoms with Crippen molar-refractivity contribution >= 4 is 17.5 Å². The Morgan fingerprint density at radius 2 is 1.83 bits per heavy atom. The van der Waals surface area contributed by atoms with Crippen molar-refractivity contribution in [1.82, 2.24) is 10.2 Å². The largest absolute Gasteiger partial charge is 0.352 e. The highest BCUT2D eigenvalue weighted by molar-refractivity contribution is 6.31. The maximum atomic E-state index is 12.1. The van der Waals surface area contributed by atoms with Gasteiger partial charge in [-0.05, 0) is 55.8 Å². The van der Waals surface area contributed by atoms with Crippen LogP contribution in [0.5, 0.6) is 0 Å². The number of hydrogen-bond acceptors (Lipinski definition) is 2. The molecule has 3 nitrogen and oxygen atoms in total. The van der Waals surface area contributed by atoms with Crippen molar-refractivity contribution in [3.63, 3.8) is 0 Å². The Morgan fingerprint density at radius 1 is 1.12 bits per heavy atom. The monoisotopic (exact) mass is 344 g/mol. The van der Waals surface area contributed by atoms with Gasteiger partial charge < -0.3 is 10.2 Å². The molecule has 0 saturated carbocycles. The smallest absolute Gasteiger partial charge is 0.220 e. The normalized spacial score (nSPS) is 10.9. The highest BCUT2D eigenvalue weighted by Gasteiger charge is 2.07. The summed E-state index contributed by atoms with van der Waals surface area (Å²) in [5.41, 5.74) is 4.56. The number of halogens is 1. The second-order valence-corrected chi connectivity index (χ2v) is 6.77. The Hall–Kier alpha value is -1.84. The van der Waals surface area contributed by atoms with Crippen molar-refractivity contribution in [2.45, 2.75) is 32.9 Å². The second-order valence-electron chi connectivity index (χ2n) is 6.37. The molecule has 1 N–H and O–H groups in total. The van der Waals surface area contributed by atoms with E-state index >= 15 is 0 Å². The van der Waals surface area contributed by atoms with E-state index in [0.29, 0.717) is 19.4 Å². The van der Waals surface area contributed by atoms with Gasteiger partial charge in [0.2, 0.25) is 5.91 Å². The molecule has 2 rings (SSSR count). The minimum Gasteiger partial charge on any atom is -0.352 e. The molecule has 1 amide bonds. The number of rotatable bonds is 7. The fourth-order valence-corrected chi connectivity index (χ4v) is 2.76. The average molecular weight is 345 g/mol. The molecule has 0 radical (unpaired) electrons. The summed E-state index contributed by atoms with van der Waals surface area (Å²) in [6, 6.07) is 14.2. The number of nitrogens with zero attached hydrogens (tertiary/aromatic N) is 1. The molecule has 4 heteroatoms. The van der Waals surface area contributed by atoms with Crippen molar-refractivity contribution in [3.8, 4) is 0 Å². The summed E-state index contributed by atoms with van der Waals surface area (Å²) in [5, 5.41) is 3.77. The van der Waals surface area contributed by atoms with Crippen LogP contribution in [0.15, 0.2) is 42.5 Å². The van der Waals surface area contributed by atoms with Gasteiger partial charge in [-0.15, -0.1) is 0 Å². The van der Waals surface area contributed by atoms with Crippen LogP contribution in [0, 0.1) is 6.92 Å². The number of aryl methyl sites for hydroxylation is 2. The summed E-state index contributed by atoms with van der Waals surface area (Å²) in [5.74, 6) is 0.0614. The topological polar surface area (TPSA) is 32.3 Å². The number of benzene rings is 2. The summed E-state index contributed by atoms with van der Waals surface area (Å²) < 4.78 is 0. The lowest BCUT2D eigenvalue weighted by atomic mass is 10.1. The van der Waals surface area contributed by atoms with Gasteiger partial charge in [0, 0.05) is 24.5 Å². The van der Waals surface area contributed by atoms with Gasteiger partial charge in [0.15, 0.2) is 0 Å². The zero-order chi connectivity index (χ0) is 17.5. The van der Waals surface area contributed by atoms with Gasteiger partial charge in [-0.25, -0.2) is 0 Å². The van der Waals surface area contributed by atoms with Crippen molar-refractivity contribution in [3.05, 3.63) is 69.7 Å². The lowest BCUT2D eigenvalue weighted by Crippen LogP contribution is -2.24. The van der Waals surface area contributed by atoms with E-state index < -0.39 is 0 Å². The van der Waals surface area contributed by atoms with Crippen LogP contribution in [-0.4, -0.2) is 24.9 Å². The molecule has 2 aromatic rings. The van der Waals surface area contributed by atoms with Crippen LogP contribution in [0.2, 0.25) is 5.02 Å². The standard InChI is InChI=1S/C20H25ClN2O/c1-15-8-9-16(12-19(15)21)10-11-20(24)22-13-17-6-4-5-7-18(17)14-23(2)3/h4-9,12H,10-11,13-14H2,1-3H3,(H,22,24). The van der Waals surface area contributed by atoms with Gasteiger partial charge in [0.05, 0.1) is 0 Å². The van der Waals surface area contributed by atoms with Crippen molar-refractivity contribution in [2.24, 2.45) is 0 Å². The van der Waals surface area contributed by atoms with Gasteiger partial charge in [-0.2, -0.15) is 0 Å². The Labute approximate surface area is 149 Å². The van der Waals surface area contributed by atoms with Crippen molar-refractivity contribution in [1.29, 1.82) is 0 Å². The molecule has 0 atom stereocenters. The van der Waals surface area contributed by atoms with Crippen LogP contribution in [0.25, 0.3) is 0 Å². The molecule has 0 aliphatic rings. The molecule has 0 aromatic heterocycles. The minimum absolute atomic E-state index is 0.0614. The first-order valence-corrected chi connectivity index (χ1v) is 8.56. The quantitative estimate of drug-likeness (QED) is 0.824. The first-order valence-electron chi connectivity index (χ1n) is 8.19. The molecule has 2 aromatic carbocycles. The van der Waals surface area contributed by atoms with E-state index in [1.807, 2.05) is 51.4 Å². The molecule has 0 aliphatic carbocycles. The Bertz CT molecular complexity index is 698. The summed E-state index contributed by atoms with van der Waals surface area (Å²) >= 11 is 6.12. The zero-order valence-corrected chi connectivity index (χ0v) is 15.4. The maximum Gasteiger partial charge on any atom is 0.220 e. The van der Waals surface area contributed by atoms with E-state index in [2.05, 4.69) is 22.3 Å². The fourth-order valence-electron chi connectivity index (χ4n) is 2.56. The van der Waals surface area contributed by atoms with E-state index in [4.69, 9.17) is 11.6 Å². The van der Waals surface area contributed by atoms with Crippen molar-refractivity contribution in [2.75, 3.05) is 14.1 Å². The highest BCUT2D eigenvalue weighted by Crippen LogP contribution is 2.17. The van der Waals surface area contributed by atoms with E-state index in [1.54, 1.807) is 0 Å². The van der Waals surface area contributed by atoms with E-state index in [-0.39, 0.29) is 5.91 Å². The highest BCUT2D eigenvalue weighted by atomic mass is 35.5. The predicted molar refractivity (Wildman–Crippen MR) is 100 cm³/mol. The lowest BCUT2D eigenvalue weighted by molar-refractivity contribution is -0.121. The number of hydrogen-bond donors (Lipinski definition) is 1. The third-order valence-electron chi connectivity index (χ3n) is 3.96. The second kappa shape index (κ2) is 8.86. The molecule has 0 aliphatic heterocycles. The molecular weight excluding hydrogens is 320 g/mol. The van der Waals surface area contributed by atoms with Crippen LogP contribution in [-0.2, 0) is 24.3 Å². The SMILES string of the molecule is Cc1ccc(CCC(=O)NCc2ccccc2CN(C)C)cc1Cl. The van der Waals surface area contributed by atoms with E-state index in [9.17, 15) is 4.79 Å². The Kier molecular flexibility index (Phi) is 6.83. The van der Waals surface area contributed by atoms with Crippen LogP contribution >= 0.6 is 11.6 Å². The third-order valence-corrected chi connectivity index (χ3v) is 4.37. The van der Waals surface area contributed by atoms with E-state index in [1.165, 1.54) is 5.56 Å².